The summed E-state index contributed by atoms with van der Waals surface area (Å²) in [4.78, 5) is 29.5. The first-order valence-corrected chi connectivity index (χ1v) is 9.26. The lowest BCUT2D eigenvalue weighted by Gasteiger charge is -2.25. The van der Waals surface area contributed by atoms with Crippen LogP contribution in [0.25, 0.3) is 0 Å². The molecule has 1 aromatic rings. The predicted octanol–water partition coefficient (Wildman–Crippen LogP) is 1.34. The Morgan fingerprint density at radius 2 is 1.78 bits per heavy atom. The fourth-order valence-corrected chi connectivity index (χ4v) is 2.69. The molecule has 0 aromatic heterocycles. The van der Waals surface area contributed by atoms with Gasteiger partial charge in [0, 0.05) is 11.7 Å². The minimum atomic E-state index is -0.663. The van der Waals surface area contributed by atoms with E-state index in [1.807, 2.05) is 32.0 Å². The Kier molecular flexibility index (Phi) is 10.6. The highest BCUT2D eigenvalue weighted by atomic mass is 17.1. The van der Waals surface area contributed by atoms with Crippen molar-refractivity contribution in [2.75, 3.05) is 18.5 Å². The summed E-state index contributed by atoms with van der Waals surface area (Å²) in [6.07, 6.45) is 0.908. The molecule has 0 fully saturated rings. The van der Waals surface area contributed by atoms with Crippen LogP contribution in [-0.2, 0) is 14.5 Å². The molecule has 1 rings (SSSR count). The van der Waals surface area contributed by atoms with Gasteiger partial charge in [0.05, 0.1) is 12.6 Å². The van der Waals surface area contributed by atoms with Crippen molar-refractivity contribution >= 4 is 17.5 Å². The Labute approximate surface area is 160 Å². The molecule has 3 atom stereocenters. The van der Waals surface area contributed by atoms with Gasteiger partial charge in [-0.3, -0.25) is 14.8 Å². The Morgan fingerprint density at radius 3 is 2.33 bits per heavy atom. The molecule has 152 valence electrons. The number of nitrogens with one attached hydrogen (secondary N) is 3. The van der Waals surface area contributed by atoms with E-state index < -0.39 is 12.1 Å². The standard InChI is InChI=1S/C19H32N4O4/c1-13(2)11-17(19(25)22-15-7-5-4-6-8-15)23-18(24)16(9-10-20)21-14(3)12-27-26/h4-8,13-14,16-17,21,26H,9-12,20H2,1-3H3,(H,22,25)(H,23,24)/t14?,16-,17-/m0/s1. The van der Waals surface area contributed by atoms with Gasteiger partial charge in [-0.1, -0.05) is 32.0 Å². The molecule has 1 unspecified atom stereocenters. The van der Waals surface area contributed by atoms with E-state index in [9.17, 15) is 9.59 Å². The van der Waals surface area contributed by atoms with Gasteiger partial charge >= 0.3 is 0 Å². The summed E-state index contributed by atoms with van der Waals surface area (Å²) in [6, 6.07) is 7.61. The van der Waals surface area contributed by atoms with Crippen LogP contribution in [0.3, 0.4) is 0 Å². The predicted molar refractivity (Wildman–Crippen MR) is 105 cm³/mol. The molecule has 0 aliphatic heterocycles. The number of hydrogen-bond acceptors (Lipinski definition) is 6. The van der Waals surface area contributed by atoms with Crippen LogP contribution in [0, 0.1) is 5.92 Å². The monoisotopic (exact) mass is 380 g/mol. The van der Waals surface area contributed by atoms with Gasteiger partial charge in [0.2, 0.25) is 11.8 Å². The summed E-state index contributed by atoms with van der Waals surface area (Å²) in [5.41, 5.74) is 6.29. The van der Waals surface area contributed by atoms with Gasteiger partial charge in [0.1, 0.15) is 6.04 Å². The number of carbonyl (C=O) groups excluding carboxylic acids is 2. The third kappa shape index (κ3) is 8.96. The zero-order chi connectivity index (χ0) is 20.2. The van der Waals surface area contributed by atoms with Crippen molar-refractivity contribution in [3.8, 4) is 0 Å². The van der Waals surface area contributed by atoms with Gasteiger partial charge in [-0.2, -0.15) is 0 Å². The average Bonchev–Trinajstić information content (AvgIpc) is 2.61. The molecular weight excluding hydrogens is 348 g/mol. The van der Waals surface area contributed by atoms with E-state index in [2.05, 4.69) is 20.8 Å². The molecule has 0 aliphatic rings. The minimum Gasteiger partial charge on any atom is -0.343 e. The SMILES string of the molecule is CC(C)C[C@H](NC(=O)[C@H](CCN)NC(C)COO)C(=O)Nc1ccccc1. The van der Waals surface area contributed by atoms with Crippen LogP contribution in [-0.4, -0.2) is 48.3 Å². The third-order valence-corrected chi connectivity index (χ3v) is 3.96. The molecule has 0 spiro atoms. The molecule has 8 nitrogen and oxygen atoms in total. The number of benzene rings is 1. The first-order valence-electron chi connectivity index (χ1n) is 9.26. The maximum absolute atomic E-state index is 12.7. The van der Waals surface area contributed by atoms with Crippen LogP contribution in [0.4, 0.5) is 5.69 Å². The Hall–Kier alpha value is -2.00. The maximum Gasteiger partial charge on any atom is 0.246 e. The molecule has 8 heteroatoms. The Morgan fingerprint density at radius 1 is 1.11 bits per heavy atom. The van der Waals surface area contributed by atoms with Gasteiger partial charge in [-0.15, -0.1) is 0 Å². The quantitative estimate of drug-likeness (QED) is 0.275. The van der Waals surface area contributed by atoms with Crippen molar-refractivity contribution in [2.24, 2.45) is 11.7 Å². The topological polar surface area (TPSA) is 126 Å². The van der Waals surface area contributed by atoms with Crippen molar-refractivity contribution in [2.45, 2.75) is 51.7 Å². The van der Waals surface area contributed by atoms with E-state index in [-0.39, 0.29) is 30.4 Å². The summed E-state index contributed by atoms with van der Waals surface area (Å²) in [6.45, 7) is 6.11. The van der Waals surface area contributed by atoms with Crippen molar-refractivity contribution in [3.05, 3.63) is 30.3 Å². The van der Waals surface area contributed by atoms with E-state index in [0.717, 1.165) is 0 Å². The molecule has 0 radical (unpaired) electrons. The van der Waals surface area contributed by atoms with E-state index in [4.69, 9.17) is 11.0 Å². The second-order valence-corrected chi connectivity index (χ2v) is 7.04. The van der Waals surface area contributed by atoms with Gasteiger partial charge in [-0.05, 0) is 44.4 Å². The van der Waals surface area contributed by atoms with Crippen molar-refractivity contribution in [3.63, 3.8) is 0 Å². The van der Waals surface area contributed by atoms with E-state index >= 15 is 0 Å². The molecule has 27 heavy (non-hydrogen) atoms. The van der Waals surface area contributed by atoms with Gasteiger partial charge < -0.3 is 21.7 Å². The van der Waals surface area contributed by atoms with Crippen LogP contribution in [0.2, 0.25) is 0 Å². The van der Waals surface area contributed by atoms with Crippen LogP contribution >= 0.6 is 0 Å². The highest BCUT2D eigenvalue weighted by Crippen LogP contribution is 2.11. The highest BCUT2D eigenvalue weighted by molar-refractivity contribution is 5.97. The molecule has 6 N–H and O–H groups in total. The number of amides is 2. The maximum atomic E-state index is 12.7. The van der Waals surface area contributed by atoms with E-state index in [0.29, 0.717) is 25.1 Å². The van der Waals surface area contributed by atoms with Crippen molar-refractivity contribution in [1.29, 1.82) is 0 Å². The summed E-state index contributed by atoms with van der Waals surface area (Å²) >= 11 is 0. The molecule has 0 aliphatic carbocycles. The zero-order valence-electron chi connectivity index (χ0n) is 16.3. The van der Waals surface area contributed by atoms with Crippen LogP contribution in [0.15, 0.2) is 30.3 Å². The molecule has 0 bridgehead atoms. The van der Waals surface area contributed by atoms with Crippen LogP contribution in [0.5, 0.6) is 0 Å². The summed E-state index contributed by atoms with van der Waals surface area (Å²) in [5, 5.41) is 17.3. The van der Waals surface area contributed by atoms with E-state index in [1.165, 1.54) is 0 Å². The van der Waals surface area contributed by atoms with E-state index in [1.54, 1.807) is 19.1 Å². The van der Waals surface area contributed by atoms with Crippen molar-refractivity contribution < 1.29 is 19.7 Å². The van der Waals surface area contributed by atoms with Gasteiger partial charge in [0.15, 0.2) is 0 Å². The summed E-state index contributed by atoms with van der Waals surface area (Å²) in [5.74, 6) is -0.347. The lowest BCUT2D eigenvalue weighted by atomic mass is 10.0. The largest absolute Gasteiger partial charge is 0.343 e. The number of carbonyl (C=O) groups is 2. The van der Waals surface area contributed by atoms with Gasteiger partial charge in [-0.25, -0.2) is 4.89 Å². The molecule has 2 amide bonds. The fraction of sp³-hybridized carbons (Fsp3) is 0.579. The first kappa shape index (κ1) is 23.0. The summed E-state index contributed by atoms with van der Waals surface area (Å²) < 4.78 is 0. The number of anilines is 1. The zero-order valence-corrected chi connectivity index (χ0v) is 16.3. The van der Waals surface area contributed by atoms with Gasteiger partial charge in [0.25, 0.3) is 0 Å². The summed E-state index contributed by atoms with van der Waals surface area (Å²) in [7, 11) is 0. The lowest BCUT2D eigenvalue weighted by molar-refractivity contribution is -0.246. The fourth-order valence-electron chi connectivity index (χ4n) is 2.69. The highest BCUT2D eigenvalue weighted by Gasteiger charge is 2.26. The number of para-hydroxylation sites is 1. The molecule has 0 saturated carbocycles. The molecule has 1 aromatic carbocycles. The van der Waals surface area contributed by atoms with Crippen molar-refractivity contribution in [1.82, 2.24) is 10.6 Å². The third-order valence-electron chi connectivity index (χ3n) is 3.96. The van der Waals surface area contributed by atoms with Crippen LogP contribution in [0.1, 0.15) is 33.6 Å². The Bertz CT molecular complexity index is 568. The van der Waals surface area contributed by atoms with Crippen LogP contribution < -0.4 is 21.7 Å². The smallest absolute Gasteiger partial charge is 0.246 e. The number of hydrogen-bond donors (Lipinski definition) is 5. The number of nitrogens with two attached hydrogens (primary N) is 1. The molecule has 0 saturated heterocycles. The average molecular weight is 380 g/mol. The first-order chi connectivity index (χ1) is 12.9. The second kappa shape index (κ2) is 12.4. The number of rotatable bonds is 12. The molecular formula is C19H32N4O4. The molecule has 0 heterocycles. The normalized spacial score (nSPS) is 14.4. The second-order valence-electron chi connectivity index (χ2n) is 7.04. The lowest BCUT2D eigenvalue weighted by Crippen LogP contribution is -2.54. The minimum absolute atomic E-state index is 0.0399. The Balaban J connectivity index is 2.79.